The molecule has 0 saturated heterocycles. The number of aryl methyl sites for hydroxylation is 2. The van der Waals surface area contributed by atoms with Crippen molar-refractivity contribution in [1.82, 2.24) is 0 Å². The zero-order valence-electron chi connectivity index (χ0n) is 16.9. The van der Waals surface area contributed by atoms with Crippen LogP contribution < -0.4 is 11.5 Å². The molecule has 0 spiro atoms. The Bertz CT molecular complexity index is 725. The summed E-state index contributed by atoms with van der Waals surface area (Å²) in [4.78, 5) is 0. The number of nitrogens with two attached hydrogens (primary N) is 2. The summed E-state index contributed by atoms with van der Waals surface area (Å²) >= 11 is 0. The van der Waals surface area contributed by atoms with E-state index in [4.69, 9.17) is 11.5 Å². The van der Waals surface area contributed by atoms with E-state index in [1.165, 1.54) is 11.1 Å². The van der Waals surface area contributed by atoms with Gasteiger partial charge in [-0.3, -0.25) is 0 Å². The van der Waals surface area contributed by atoms with Crippen molar-refractivity contribution in [2.45, 2.75) is 65.5 Å². The molecule has 0 radical (unpaired) electrons. The van der Waals surface area contributed by atoms with E-state index in [9.17, 15) is 0 Å². The Morgan fingerprint density at radius 1 is 0.692 bits per heavy atom. The zero-order valence-corrected chi connectivity index (χ0v) is 16.9. The number of hydrogen-bond acceptors (Lipinski definition) is 4. The summed E-state index contributed by atoms with van der Waals surface area (Å²) in [5.41, 5.74) is 18.2. The average Bonchev–Trinajstić information content (AvgIpc) is 2.58. The zero-order chi connectivity index (χ0) is 19.5. The molecule has 0 aliphatic rings. The van der Waals surface area contributed by atoms with Gasteiger partial charge in [-0.25, -0.2) is 0 Å². The van der Waals surface area contributed by atoms with E-state index in [1.807, 2.05) is 52.0 Å². The minimum absolute atomic E-state index is 0.406. The van der Waals surface area contributed by atoms with Gasteiger partial charge >= 0.3 is 0 Å². The van der Waals surface area contributed by atoms with E-state index in [-0.39, 0.29) is 0 Å². The Labute approximate surface area is 157 Å². The van der Waals surface area contributed by atoms with Gasteiger partial charge in [-0.2, -0.15) is 10.2 Å². The lowest BCUT2D eigenvalue weighted by Gasteiger charge is -2.23. The van der Waals surface area contributed by atoms with Crippen LogP contribution in [0.25, 0.3) is 0 Å². The monoisotopic (exact) mass is 352 g/mol. The molecule has 4 nitrogen and oxygen atoms in total. The van der Waals surface area contributed by atoms with Gasteiger partial charge in [-0.05, 0) is 87.1 Å². The average molecular weight is 353 g/mol. The quantitative estimate of drug-likeness (QED) is 0.662. The molecule has 26 heavy (non-hydrogen) atoms. The van der Waals surface area contributed by atoms with Crippen LogP contribution in [0.2, 0.25) is 0 Å². The Hall–Kier alpha value is -2.04. The molecule has 0 unspecified atom stereocenters. The highest BCUT2D eigenvalue weighted by molar-refractivity contribution is 5.49. The summed E-state index contributed by atoms with van der Waals surface area (Å²) in [5.74, 6) is 0. The van der Waals surface area contributed by atoms with Crippen LogP contribution in [-0.4, -0.2) is 0 Å². The molecule has 2 aromatic carbocycles. The van der Waals surface area contributed by atoms with Crippen LogP contribution in [0.15, 0.2) is 46.6 Å². The molecule has 0 aliphatic carbocycles. The first-order valence-electron chi connectivity index (χ1n) is 9.32. The van der Waals surface area contributed by atoms with Crippen molar-refractivity contribution in [2.75, 3.05) is 0 Å². The predicted octanol–water partition coefficient (Wildman–Crippen LogP) is 5.61. The summed E-state index contributed by atoms with van der Waals surface area (Å²) in [5, 5.41) is 8.87. The molecule has 0 aromatic heterocycles. The molecular formula is C22H32N4. The number of rotatable bonds is 6. The van der Waals surface area contributed by atoms with Gasteiger partial charge in [0.1, 0.15) is 0 Å². The van der Waals surface area contributed by atoms with Gasteiger partial charge in [0, 0.05) is 11.1 Å². The molecule has 0 heterocycles. The van der Waals surface area contributed by atoms with Gasteiger partial charge in [0.2, 0.25) is 0 Å². The highest BCUT2D eigenvalue weighted by atomic mass is 15.1. The van der Waals surface area contributed by atoms with Gasteiger partial charge < -0.3 is 11.5 Å². The predicted molar refractivity (Wildman–Crippen MR) is 110 cm³/mol. The normalized spacial score (nSPS) is 12.8. The third-order valence-corrected chi connectivity index (χ3v) is 4.62. The van der Waals surface area contributed by atoms with Crippen molar-refractivity contribution < 1.29 is 0 Å². The van der Waals surface area contributed by atoms with Crippen LogP contribution in [0.3, 0.4) is 0 Å². The fourth-order valence-corrected chi connectivity index (χ4v) is 3.18. The summed E-state index contributed by atoms with van der Waals surface area (Å²) in [6.45, 7) is 12.3. The second-order valence-electron chi connectivity index (χ2n) is 8.03. The lowest BCUT2D eigenvalue weighted by molar-refractivity contribution is 0.548. The second-order valence-corrected chi connectivity index (χ2v) is 8.03. The minimum atomic E-state index is -0.406. The van der Waals surface area contributed by atoms with Gasteiger partial charge in [0.25, 0.3) is 0 Å². The van der Waals surface area contributed by atoms with Crippen LogP contribution >= 0.6 is 0 Å². The molecule has 0 fully saturated rings. The summed E-state index contributed by atoms with van der Waals surface area (Å²) in [7, 11) is 0. The van der Waals surface area contributed by atoms with Gasteiger partial charge in [-0.1, -0.05) is 26.0 Å². The third-order valence-electron chi connectivity index (χ3n) is 4.62. The first-order valence-corrected chi connectivity index (χ1v) is 9.32. The standard InChI is InChI=1S/C22H32N4/c1-7-15-9-11-17(13-19(15)21(3,4)23)25-26-18-12-10-16(8-2)20(14-18)22(5,6)24/h9-14H,7-8,23-24H2,1-6H3. The first kappa shape index (κ1) is 20.3. The van der Waals surface area contributed by atoms with Crippen LogP contribution in [0.1, 0.15) is 63.8 Å². The Balaban J connectivity index is 2.39. The molecule has 0 amide bonds. The van der Waals surface area contributed by atoms with Gasteiger partial charge in [0.15, 0.2) is 0 Å². The van der Waals surface area contributed by atoms with Crippen LogP contribution in [0.4, 0.5) is 11.4 Å². The van der Waals surface area contributed by atoms with E-state index < -0.39 is 11.1 Å². The fourth-order valence-electron chi connectivity index (χ4n) is 3.18. The number of hydrogen-bond donors (Lipinski definition) is 2. The van der Waals surface area contributed by atoms with E-state index in [0.29, 0.717) is 0 Å². The SMILES string of the molecule is CCc1ccc(N=Nc2ccc(CC)c(C(C)(C)N)c2)cc1C(C)(C)N. The van der Waals surface area contributed by atoms with Crippen LogP contribution in [-0.2, 0) is 23.9 Å². The largest absolute Gasteiger partial charge is 0.322 e. The first-order chi connectivity index (χ1) is 12.1. The molecular weight excluding hydrogens is 320 g/mol. The lowest BCUT2D eigenvalue weighted by atomic mass is 9.89. The van der Waals surface area contributed by atoms with Crippen molar-refractivity contribution in [3.8, 4) is 0 Å². The Morgan fingerprint density at radius 2 is 1.04 bits per heavy atom. The molecule has 4 N–H and O–H groups in total. The smallest absolute Gasteiger partial charge is 0.0860 e. The molecule has 140 valence electrons. The molecule has 4 heteroatoms. The Morgan fingerprint density at radius 3 is 1.31 bits per heavy atom. The number of benzene rings is 2. The maximum absolute atomic E-state index is 6.32. The third kappa shape index (κ3) is 4.77. The van der Waals surface area contributed by atoms with Gasteiger partial charge in [-0.15, -0.1) is 0 Å². The molecule has 0 saturated carbocycles. The second kappa shape index (κ2) is 7.68. The lowest BCUT2D eigenvalue weighted by Crippen LogP contribution is -2.30. The van der Waals surface area contributed by atoms with Gasteiger partial charge in [0.05, 0.1) is 11.4 Å². The summed E-state index contributed by atoms with van der Waals surface area (Å²) in [6, 6.07) is 12.2. The molecule has 2 aromatic rings. The number of azo groups is 1. The molecule has 0 aliphatic heterocycles. The maximum Gasteiger partial charge on any atom is 0.0860 e. The van der Waals surface area contributed by atoms with Crippen molar-refractivity contribution in [2.24, 2.45) is 21.7 Å². The van der Waals surface area contributed by atoms with Crippen LogP contribution in [0.5, 0.6) is 0 Å². The topological polar surface area (TPSA) is 76.8 Å². The molecule has 0 bridgehead atoms. The molecule has 0 atom stereocenters. The van der Waals surface area contributed by atoms with E-state index in [1.54, 1.807) is 0 Å². The van der Waals surface area contributed by atoms with E-state index in [0.717, 1.165) is 35.3 Å². The van der Waals surface area contributed by atoms with Crippen molar-refractivity contribution in [3.63, 3.8) is 0 Å². The fraction of sp³-hybridized carbons (Fsp3) is 0.455. The van der Waals surface area contributed by atoms with Crippen molar-refractivity contribution >= 4 is 11.4 Å². The van der Waals surface area contributed by atoms with E-state index in [2.05, 4.69) is 36.2 Å². The van der Waals surface area contributed by atoms with Crippen LogP contribution in [0, 0.1) is 0 Å². The van der Waals surface area contributed by atoms with E-state index >= 15 is 0 Å². The number of nitrogens with zero attached hydrogens (tertiary/aromatic N) is 2. The highest BCUT2D eigenvalue weighted by Crippen LogP contribution is 2.30. The molecule has 2 rings (SSSR count). The highest BCUT2D eigenvalue weighted by Gasteiger charge is 2.19. The summed E-state index contributed by atoms with van der Waals surface area (Å²) in [6.07, 6.45) is 1.89. The maximum atomic E-state index is 6.32. The summed E-state index contributed by atoms with van der Waals surface area (Å²) < 4.78 is 0. The van der Waals surface area contributed by atoms with Crippen molar-refractivity contribution in [1.29, 1.82) is 0 Å². The van der Waals surface area contributed by atoms with Crippen molar-refractivity contribution in [3.05, 3.63) is 58.7 Å². The minimum Gasteiger partial charge on any atom is -0.322 e. The Kier molecular flexibility index (Phi) is 5.99.